The molecule has 0 spiro atoms. The number of phosphoric ester groups is 1. The van der Waals surface area contributed by atoms with Crippen LogP contribution in [0.2, 0.25) is 0 Å². The number of nitrogens with two attached hydrogens (primary N) is 1. The summed E-state index contributed by atoms with van der Waals surface area (Å²) < 4.78 is 33.1. The third-order valence-electron chi connectivity index (χ3n) is 8.92. The summed E-state index contributed by atoms with van der Waals surface area (Å²) in [6, 6.07) is 0. The molecule has 0 aromatic carbocycles. The summed E-state index contributed by atoms with van der Waals surface area (Å²) in [5.41, 5.74) is 5.34. The smallest absolute Gasteiger partial charge is 0.457 e. The van der Waals surface area contributed by atoms with Gasteiger partial charge in [-0.15, -0.1) is 0 Å². The molecule has 0 fully saturated rings. The van der Waals surface area contributed by atoms with Crippen molar-refractivity contribution in [1.82, 2.24) is 0 Å². The summed E-state index contributed by atoms with van der Waals surface area (Å²) in [6.07, 6.45) is 37.2. The van der Waals surface area contributed by atoms with Crippen molar-refractivity contribution in [2.45, 2.75) is 173 Å². The van der Waals surface area contributed by atoms with Crippen LogP contribution in [-0.4, -0.2) is 94.8 Å². The average Bonchev–Trinajstić information content (AvgIpc) is 3.19. The number of hydrogen-bond acceptors (Lipinski definition) is 11. The number of aliphatic hydroxyl groups excluding tert-OH is 4. The van der Waals surface area contributed by atoms with Crippen LogP contribution in [0.15, 0.2) is 72.9 Å². The molecule has 12 nitrogen and oxygen atoms in total. The topological polar surface area (TPSA) is 198 Å². The zero-order chi connectivity index (χ0) is 43.0. The van der Waals surface area contributed by atoms with Gasteiger partial charge in [-0.2, -0.15) is 0 Å². The van der Waals surface area contributed by atoms with Gasteiger partial charge in [-0.05, 0) is 32.6 Å². The van der Waals surface area contributed by atoms with Crippen LogP contribution >= 0.6 is 7.82 Å². The van der Waals surface area contributed by atoms with Gasteiger partial charge in [-0.25, -0.2) is 4.57 Å². The maximum Gasteiger partial charge on any atom is 0.472 e. The summed E-state index contributed by atoms with van der Waals surface area (Å²) in [5, 5.41) is 39.7. The van der Waals surface area contributed by atoms with E-state index >= 15 is 0 Å². The van der Waals surface area contributed by atoms with Gasteiger partial charge in [0.05, 0.1) is 44.2 Å². The lowest BCUT2D eigenvalue weighted by Gasteiger charge is -2.20. The lowest BCUT2D eigenvalue weighted by molar-refractivity contribution is -0.155. The number of esters is 1. The molecule has 7 N–H and O–H groups in total. The predicted molar refractivity (Wildman–Crippen MR) is 234 cm³/mol. The van der Waals surface area contributed by atoms with Gasteiger partial charge in [-0.1, -0.05) is 176 Å². The first-order chi connectivity index (χ1) is 28.0. The Morgan fingerprint density at radius 3 is 1.83 bits per heavy atom. The Labute approximate surface area is 350 Å². The van der Waals surface area contributed by atoms with E-state index < -0.39 is 50.9 Å². The molecule has 0 aliphatic carbocycles. The Hall–Kier alpha value is -2.22. The fraction of sp³-hybridized carbons (Fsp3) is 0.711. The Bertz CT molecular complexity index is 1190. The molecule has 6 atom stereocenters. The van der Waals surface area contributed by atoms with Crippen LogP contribution in [0, 0.1) is 0 Å². The number of allylic oxidation sites excluding steroid dienone is 6. The summed E-state index contributed by atoms with van der Waals surface area (Å²) >= 11 is 0. The minimum atomic E-state index is -4.39. The molecule has 0 saturated carbocycles. The van der Waals surface area contributed by atoms with Crippen molar-refractivity contribution in [3.63, 3.8) is 0 Å². The van der Waals surface area contributed by atoms with Crippen molar-refractivity contribution < 1.29 is 53.2 Å². The van der Waals surface area contributed by atoms with Crippen molar-refractivity contribution in [1.29, 1.82) is 0 Å². The Kier molecular flexibility index (Phi) is 38.7. The molecule has 0 aromatic heterocycles. The van der Waals surface area contributed by atoms with E-state index in [4.69, 9.17) is 24.3 Å². The van der Waals surface area contributed by atoms with E-state index in [0.29, 0.717) is 19.4 Å². The number of unbranched alkanes of at least 4 members (excludes halogenated alkanes) is 15. The fourth-order valence-electron chi connectivity index (χ4n) is 5.64. The van der Waals surface area contributed by atoms with Crippen molar-refractivity contribution in [2.75, 3.05) is 33.0 Å². The van der Waals surface area contributed by atoms with Crippen LogP contribution < -0.4 is 5.73 Å². The summed E-state index contributed by atoms with van der Waals surface area (Å²) in [6.45, 7) is 3.80. The number of rotatable bonds is 40. The van der Waals surface area contributed by atoms with Crippen molar-refractivity contribution >= 4 is 13.8 Å². The second-order valence-electron chi connectivity index (χ2n) is 14.7. The van der Waals surface area contributed by atoms with Crippen molar-refractivity contribution in [3.8, 4) is 0 Å². The number of ether oxygens (including phenoxy) is 2. The highest BCUT2D eigenvalue weighted by atomic mass is 31.2. The number of aliphatic hydroxyl groups is 4. The normalized spacial score (nSPS) is 16.3. The van der Waals surface area contributed by atoms with Crippen LogP contribution in [-0.2, 0) is 27.9 Å². The molecule has 58 heavy (non-hydrogen) atoms. The van der Waals surface area contributed by atoms with E-state index in [9.17, 15) is 34.7 Å². The van der Waals surface area contributed by atoms with Gasteiger partial charge in [0, 0.05) is 19.6 Å². The molecular formula is C45H80NO11P. The highest BCUT2D eigenvalue weighted by Crippen LogP contribution is 2.43. The minimum Gasteiger partial charge on any atom is -0.457 e. The summed E-state index contributed by atoms with van der Waals surface area (Å²) in [5.74, 6) is -0.646. The van der Waals surface area contributed by atoms with Gasteiger partial charge in [0.1, 0.15) is 6.10 Å². The van der Waals surface area contributed by atoms with Crippen molar-refractivity contribution in [2.24, 2.45) is 5.73 Å². The van der Waals surface area contributed by atoms with E-state index in [1.807, 2.05) is 18.2 Å². The molecule has 336 valence electrons. The van der Waals surface area contributed by atoms with Gasteiger partial charge in [-0.3, -0.25) is 13.8 Å². The largest absolute Gasteiger partial charge is 0.472 e. The summed E-state index contributed by atoms with van der Waals surface area (Å²) in [4.78, 5) is 22.5. The molecular weight excluding hydrogens is 761 g/mol. The molecule has 13 heteroatoms. The molecule has 0 radical (unpaired) electrons. The zero-order valence-electron chi connectivity index (χ0n) is 35.7. The monoisotopic (exact) mass is 842 g/mol. The van der Waals surface area contributed by atoms with Gasteiger partial charge < -0.3 is 40.5 Å². The molecule has 0 heterocycles. The molecule has 0 aromatic rings. The van der Waals surface area contributed by atoms with Gasteiger partial charge in [0.15, 0.2) is 0 Å². The number of hydrogen-bond donors (Lipinski definition) is 6. The summed E-state index contributed by atoms with van der Waals surface area (Å²) in [7, 11) is -4.39. The zero-order valence-corrected chi connectivity index (χ0v) is 36.6. The fourth-order valence-corrected chi connectivity index (χ4v) is 6.41. The van der Waals surface area contributed by atoms with Gasteiger partial charge in [0.25, 0.3) is 0 Å². The second-order valence-corrected chi connectivity index (χ2v) is 16.1. The lowest BCUT2D eigenvalue weighted by Crippen LogP contribution is -2.29. The molecule has 0 saturated heterocycles. The predicted octanol–water partition coefficient (Wildman–Crippen LogP) is 8.63. The Morgan fingerprint density at radius 1 is 0.655 bits per heavy atom. The van der Waals surface area contributed by atoms with Gasteiger partial charge in [0.2, 0.25) is 0 Å². The van der Waals surface area contributed by atoms with Crippen LogP contribution in [0.25, 0.3) is 0 Å². The Morgan fingerprint density at radius 2 is 1.24 bits per heavy atom. The SMILES string of the molecule is CCCCCCCCCCCCCCCCCCOCC(COP(=O)(O)OCCN)OC(=O)CCC(O)/C=C/C(O)/C=C/C=C/C=C\C(O)C/C=C/C/C=C\C(C)O. The van der Waals surface area contributed by atoms with E-state index in [0.717, 1.165) is 19.3 Å². The van der Waals surface area contributed by atoms with Gasteiger partial charge >= 0.3 is 13.8 Å². The lowest BCUT2D eigenvalue weighted by atomic mass is 10.0. The van der Waals surface area contributed by atoms with Crippen molar-refractivity contribution in [3.05, 3.63) is 72.9 Å². The highest BCUT2D eigenvalue weighted by Gasteiger charge is 2.25. The maximum atomic E-state index is 12.6. The van der Waals surface area contributed by atoms with Crippen LogP contribution in [0.5, 0.6) is 0 Å². The Balaban J connectivity index is 4.46. The standard InChI is InChI=1S/C45H80NO11P/c1-3-4-5-6-7-8-9-10-11-12-13-14-15-16-21-26-36-54-38-44(39-56-58(52,53)55-37-35-46)57-45(51)34-33-43(50)32-31-42(49)30-25-20-19-24-29-41(48)28-23-18-17-22-27-40(2)47/h18-20,22-25,27,29-32,40-44,47-50H,3-17,21,26,28,33-39,46H2,1-2H3,(H,52,53)/b20-19+,23-18+,27-22-,29-24-,30-25+,32-31+. The van der Waals surface area contributed by atoms with Crippen LogP contribution in [0.4, 0.5) is 0 Å². The minimum absolute atomic E-state index is 0.0261. The highest BCUT2D eigenvalue weighted by molar-refractivity contribution is 7.47. The first kappa shape index (κ1) is 55.8. The number of carbonyl (C=O) groups is 1. The van der Waals surface area contributed by atoms with E-state index in [1.54, 1.807) is 43.4 Å². The molecule has 0 rings (SSSR count). The maximum absolute atomic E-state index is 12.6. The first-order valence-electron chi connectivity index (χ1n) is 21.8. The van der Waals surface area contributed by atoms with E-state index in [-0.39, 0.29) is 32.6 Å². The van der Waals surface area contributed by atoms with E-state index in [1.165, 1.54) is 102 Å². The third-order valence-corrected chi connectivity index (χ3v) is 9.90. The third kappa shape index (κ3) is 40.6. The second kappa shape index (κ2) is 40.2. The average molecular weight is 842 g/mol. The molecule has 0 bridgehead atoms. The molecule has 6 unspecified atom stereocenters. The number of phosphoric acid groups is 1. The molecule has 0 amide bonds. The number of carbonyl (C=O) groups excluding carboxylic acids is 1. The quantitative estimate of drug-likeness (QED) is 0.0113. The molecule has 0 aliphatic heterocycles. The van der Waals surface area contributed by atoms with E-state index in [2.05, 4.69) is 6.92 Å². The van der Waals surface area contributed by atoms with Crippen LogP contribution in [0.3, 0.4) is 0 Å². The molecule has 0 aliphatic rings. The first-order valence-corrected chi connectivity index (χ1v) is 23.3. The van der Waals surface area contributed by atoms with Crippen LogP contribution in [0.1, 0.15) is 142 Å².